The molecule has 0 saturated heterocycles. The normalized spacial score (nSPS) is 11.5. The molecule has 0 saturated carbocycles. The zero-order chi connectivity index (χ0) is 15.8. The Hall–Kier alpha value is -2.57. The zero-order valence-corrected chi connectivity index (χ0v) is 11.5. The Morgan fingerprint density at radius 3 is 2.57 bits per heavy atom. The van der Waals surface area contributed by atoms with Crippen LogP contribution in [0.5, 0.6) is 5.75 Å². The zero-order valence-electron chi connectivity index (χ0n) is 11.5. The maximum atomic E-state index is 11.6. The van der Waals surface area contributed by atoms with Gasteiger partial charge >= 0.3 is 11.9 Å². The number of benzene rings is 1. The average Bonchev–Trinajstić information content (AvgIpc) is 2.44. The summed E-state index contributed by atoms with van der Waals surface area (Å²) in [7, 11) is 0. The molecular weight excluding hydrogens is 278 g/mol. The molecule has 1 atom stereocenters. The highest BCUT2D eigenvalue weighted by Crippen LogP contribution is 2.13. The first-order valence-electron chi connectivity index (χ1n) is 6.38. The van der Waals surface area contributed by atoms with Crippen LogP contribution in [0.1, 0.15) is 18.9 Å². The van der Waals surface area contributed by atoms with Crippen LogP contribution in [0.4, 0.5) is 0 Å². The van der Waals surface area contributed by atoms with E-state index < -0.39 is 30.3 Å². The Morgan fingerprint density at radius 2 is 2.00 bits per heavy atom. The Labute approximate surface area is 121 Å². The molecule has 0 fully saturated rings. The molecule has 0 aromatic heterocycles. The van der Waals surface area contributed by atoms with E-state index in [0.29, 0.717) is 5.75 Å². The number of amides is 1. The fourth-order valence-electron chi connectivity index (χ4n) is 1.61. The molecule has 0 aliphatic heterocycles. The topological polar surface area (TPSA) is 113 Å². The van der Waals surface area contributed by atoms with Gasteiger partial charge in [-0.05, 0) is 24.1 Å². The van der Waals surface area contributed by atoms with Crippen LogP contribution < -0.4 is 10.1 Å². The van der Waals surface area contributed by atoms with Crippen molar-refractivity contribution in [3.8, 4) is 5.75 Å². The number of rotatable bonds is 8. The van der Waals surface area contributed by atoms with Gasteiger partial charge in [-0.1, -0.05) is 19.1 Å². The average molecular weight is 295 g/mol. The van der Waals surface area contributed by atoms with E-state index in [1.54, 1.807) is 18.2 Å². The first-order valence-corrected chi connectivity index (χ1v) is 6.38. The molecule has 1 rings (SSSR count). The van der Waals surface area contributed by atoms with Crippen LogP contribution in [0.15, 0.2) is 24.3 Å². The largest absolute Gasteiger partial charge is 0.484 e. The summed E-state index contributed by atoms with van der Waals surface area (Å²) in [5, 5.41) is 19.5. The summed E-state index contributed by atoms with van der Waals surface area (Å²) < 4.78 is 5.24. The summed E-state index contributed by atoms with van der Waals surface area (Å²) in [6.45, 7) is 1.60. The molecule has 21 heavy (non-hydrogen) atoms. The number of carbonyl (C=O) groups is 3. The van der Waals surface area contributed by atoms with Crippen LogP contribution in [-0.2, 0) is 20.8 Å². The Kier molecular flexibility index (Phi) is 6.19. The lowest BCUT2D eigenvalue weighted by atomic mass is 10.2. The van der Waals surface area contributed by atoms with Gasteiger partial charge in [-0.3, -0.25) is 9.59 Å². The molecule has 3 N–H and O–H groups in total. The first kappa shape index (κ1) is 16.5. The van der Waals surface area contributed by atoms with Crippen LogP contribution in [0.2, 0.25) is 0 Å². The van der Waals surface area contributed by atoms with Crippen molar-refractivity contribution in [3.05, 3.63) is 29.8 Å². The lowest BCUT2D eigenvalue weighted by molar-refractivity contribution is -0.147. The van der Waals surface area contributed by atoms with Gasteiger partial charge in [0, 0.05) is 0 Å². The monoisotopic (exact) mass is 295 g/mol. The van der Waals surface area contributed by atoms with E-state index in [1.807, 2.05) is 13.0 Å². The first-order chi connectivity index (χ1) is 9.92. The van der Waals surface area contributed by atoms with Crippen LogP contribution in [0, 0.1) is 0 Å². The molecule has 0 unspecified atom stereocenters. The minimum atomic E-state index is -1.47. The van der Waals surface area contributed by atoms with Crippen molar-refractivity contribution in [2.24, 2.45) is 0 Å². The second-order valence-corrected chi connectivity index (χ2v) is 4.35. The van der Waals surface area contributed by atoms with E-state index in [-0.39, 0.29) is 6.61 Å². The standard InChI is InChI=1S/C14H17NO6/c1-2-9-4-3-5-10(6-9)21-8-12(16)15-11(14(19)20)7-13(17)18/h3-6,11H,2,7-8H2,1H3,(H,15,16)(H,17,18)(H,19,20)/t11-/m0/s1. The number of hydrogen-bond donors (Lipinski definition) is 3. The SMILES string of the molecule is CCc1cccc(OCC(=O)N[C@@H](CC(=O)O)C(=O)O)c1. The van der Waals surface area contributed by atoms with E-state index in [0.717, 1.165) is 12.0 Å². The molecule has 0 aliphatic carbocycles. The van der Waals surface area contributed by atoms with E-state index in [2.05, 4.69) is 5.32 Å². The van der Waals surface area contributed by atoms with Gasteiger partial charge in [-0.15, -0.1) is 0 Å². The van der Waals surface area contributed by atoms with Gasteiger partial charge in [0.05, 0.1) is 6.42 Å². The highest BCUT2D eigenvalue weighted by molar-refractivity contribution is 5.87. The van der Waals surface area contributed by atoms with Crippen LogP contribution in [0.25, 0.3) is 0 Å². The third-order valence-corrected chi connectivity index (χ3v) is 2.69. The molecule has 0 bridgehead atoms. The van der Waals surface area contributed by atoms with E-state index in [1.165, 1.54) is 0 Å². The van der Waals surface area contributed by atoms with Crippen molar-refractivity contribution in [2.75, 3.05) is 6.61 Å². The second kappa shape index (κ2) is 7.88. The smallest absolute Gasteiger partial charge is 0.326 e. The number of aryl methyl sites for hydroxylation is 1. The molecule has 1 aromatic rings. The van der Waals surface area contributed by atoms with Crippen molar-refractivity contribution in [3.63, 3.8) is 0 Å². The van der Waals surface area contributed by atoms with Crippen LogP contribution >= 0.6 is 0 Å². The van der Waals surface area contributed by atoms with Gasteiger partial charge in [0.25, 0.3) is 5.91 Å². The van der Waals surface area contributed by atoms with Gasteiger partial charge in [-0.25, -0.2) is 4.79 Å². The fourth-order valence-corrected chi connectivity index (χ4v) is 1.61. The summed E-state index contributed by atoms with van der Waals surface area (Å²) in [6.07, 6.45) is 0.134. The van der Waals surface area contributed by atoms with Crippen LogP contribution in [-0.4, -0.2) is 40.7 Å². The number of carbonyl (C=O) groups excluding carboxylic acids is 1. The highest BCUT2D eigenvalue weighted by atomic mass is 16.5. The Balaban J connectivity index is 2.52. The van der Waals surface area contributed by atoms with Crippen molar-refractivity contribution in [2.45, 2.75) is 25.8 Å². The third-order valence-electron chi connectivity index (χ3n) is 2.69. The number of nitrogens with one attached hydrogen (secondary N) is 1. The van der Waals surface area contributed by atoms with Gasteiger partial charge in [0.2, 0.25) is 0 Å². The molecule has 1 amide bonds. The predicted octanol–water partition coefficient (Wildman–Crippen LogP) is 0.672. The summed E-state index contributed by atoms with van der Waals surface area (Å²) in [4.78, 5) is 32.9. The lowest BCUT2D eigenvalue weighted by Gasteiger charge is -2.13. The quantitative estimate of drug-likeness (QED) is 0.649. The summed E-state index contributed by atoms with van der Waals surface area (Å²) >= 11 is 0. The molecule has 0 heterocycles. The summed E-state index contributed by atoms with van der Waals surface area (Å²) in [5.41, 5.74) is 1.04. The molecule has 0 radical (unpaired) electrons. The lowest BCUT2D eigenvalue weighted by Crippen LogP contribution is -2.44. The predicted molar refractivity (Wildman–Crippen MR) is 73.1 cm³/mol. The number of ether oxygens (including phenoxy) is 1. The number of carboxylic acids is 2. The van der Waals surface area contributed by atoms with E-state index in [4.69, 9.17) is 14.9 Å². The molecule has 1 aromatic carbocycles. The molecular formula is C14H17NO6. The maximum absolute atomic E-state index is 11.6. The molecule has 0 aliphatic rings. The molecule has 114 valence electrons. The van der Waals surface area contributed by atoms with Crippen LogP contribution in [0.3, 0.4) is 0 Å². The third kappa shape index (κ3) is 5.94. The van der Waals surface area contributed by atoms with Crippen molar-refractivity contribution >= 4 is 17.8 Å². The highest BCUT2D eigenvalue weighted by Gasteiger charge is 2.23. The Morgan fingerprint density at radius 1 is 1.29 bits per heavy atom. The minimum absolute atomic E-state index is 0.378. The van der Waals surface area contributed by atoms with Crippen molar-refractivity contribution < 1.29 is 29.3 Å². The van der Waals surface area contributed by atoms with Gasteiger partial charge in [0.15, 0.2) is 6.61 Å². The number of hydrogen-bond acceptors (Lipinski definition) is 4. The van der Waals surface area contributed by atoms with Crippen molar-refractivity contribution in [1.29, 1.82) is 0 Å². The van der Waals surface area contributed by atoms with Gasteiger partial charge in [0.1, 0.15) is 11.8 Å². The fraction of sp³-hybridized carbons (Fsp3) is 0.357. The molecule has 7 nitrogen and oxygen atoms in total. The Bertz CT molecular complexity index is 528. The van der Waals surface area contributed by atoms with E-state index >= 15 is 0 Å². The summed E-state index contributed by atoms with van der Waals surface area (Å²) in [5.74, 6) is -2.90. The molecule has 0 spiro atoms. The maximum Gasteiger partial charge on any atom is 0.326 e. The number of carboxylic acid groups (broad SMARTS) is 2. The molecule has 7 heteroatoms. The second-order valence-electron chi connectivity index (χ2n) is 4.35. The summed E-state index contributed by atoms with van der Waals surface area (Å²) in [6, 6.07) is 5.69. The van der Waals surface area contributed by atoms with Gasteiger partial charge < -0.3 is 20.3 Å². The van der Waals surface area contributed by atoms with Crippen molar-refractivity contribution in [1.82, 2.24) is 5.32 Å². The number of aliphatic carboxylic acids is 2. The minimum Gasteiger partial charge on any atom is -0.484 e. The van der Waals surface area contributed by atoms with E-state index in [9.17, 15) is 14.4 Å². The van der Waals surface area contributed by atoms with Gasteiger partial charge in [-0.2, -0.15) is 0 Å².